The first-order valence-electron chi connectivity index (χ1n) is 10.4. The number of benzene rings is 3. The predicted octanol–water partition coefficient (Wildman–Crippen LogP) is 4.53. The van der Waals surface area contributed by atoms with E-state index in [1.807, 2.05) is 36.4 Å². The van der Waals surface area contributed by atoms with Crippen LogP contribution in [-0.4, -0.2) is 36.7 Å². The molecule has 0 unspecified atom stereocenters. The van der Waals surface area contributed by atoms with Crippen LogP contribution in [0.25, 0.3) is 22.6 Å². The van der Waals surface area contributed by atoms with Gasteiger partial charge in [-0.25, -0.2) is 13.4 Å². The summed E-state index contributed by atoms with van der Waals surface area (Å²) < 4.78 is 32.5. The molecule has 1 fully saturated rings. The number of hydrogen-bond acceptors (Lipinski definition) is 5. The molecule has 162 valence electrons. The summed E-state index contributed by atoms with van der Waals surface area (Å²) in [6, 6.07) is 20.8. The SMILES string of the molecule is O=C(Nc1ccc(-c2nc3ccccc3o2)cc1)c1ccc(S(=O)(=O)N2CCCC2)cc1. The van der Waals surface area contributed by atoms with Crippen molar-refractivity contribution >= 4 is 32.7 Å². The number of carbonyl (C=O) groups is 1. The fourth-order valence-corrected chi connectivity index (χ4v) is 5.27. The fraction of sp³-hybridized carbons (Fsp3) is 0.167. The van der Waals surface area contributed by atoms with E-state index in [1.54, 1.807) is 12.1 Å². The van der Waals surface area contributed by atoms with Crippen molar-refractivity contribution in [3.63, 3.8) is 0 Å². The number of anilines is 1. The van der Waals surface area contributed by atoms with Gasteiger partial charge in [0.2, 0.25) is 15.9 Å². The third-order valence-corrected chi connectivity index (χ3v) is 7.42. The fourth-order valence-electron chi connectivity index (χ4n) is 3.75. The van der Waals surface area contributed by atoms with Gasteiger partial charge in [-0.15, -0.1) is 0 Å². The molecule has 7 nitrogen and oxygen atoms in total. The Morgan fingerprint density at radius 2 is 1.59 bits per heavy atom. The zero-order valence-electron chi connectivity index (χ0n) is 17.2. The maximum atomic E-state index is 12.6. The highest BCUT2D eigenvalue weighted by atomic mass is 32.2. The summed E-state index contributed by atoms with van der Waals surface area (Å²) in [5.41, 5.74) is 3.30. The number of aromatic nitrogens is 1. The molecule has 1 amide bonds. The highest BCUT2D eigenvalue weighted by Gasteiger charge is 2.27. The van der Waals surface area contributed by atoms with E-state index in [2.05, 4.69) is 10.3 Å². The third kappa shape index (κ3) is 3.90. The molecule has 32 heavy (non-hydrogen) atoms. The van der Waals surface area contributed by atoms with Crippen molar-refractivity contribution in [1.29, 1.82) is 0 Å². The van der Waals surface area contributed by atoms with Crippen LogP contribution in [0.1, 0.15) is 23.2 Å². The van der Waals surface area contributed by atoms with Gasteiger partial charge in [-0.1, -0.05) is 12.1 Å². The van der Waals surface area contributed by atoms with E-state index in [9.17, 15) is 13.2 Å². The van der Waals surface area contributed by atoms with Crippen LogP contribution in [0.3, 0.4) is 0 Å². The van der Waals surface area contributed by atoms with Crippen molar-refractivity contribution in [3.8, 4) is 11.5 Å². The van der Waals surface area contributed by atoms with E-state index in [0.717, 1.165) is 29.5 Å². The number of amides is 1. The highest BCUT2D eigenvalue weighted by molar-refractivity contribution is 7.89. The number of sulfonamides is 1. The lowest BCUT2D eigenvalue weighted by molar-refractivity contribution is 0.102. The second kappa shape index (κ2) is 8.22. The summed E-state index contributed by atoms with van der Waals surface area (Å²) in [6.07, 6.45) is 1.76. The molecular formula is C24H21N3O4S. The first-order chi connectivity index (χ1) is 15.5. The lowest BCUT2D eigenvalue weighted by atomic mass is 10.2. The van der Waals surface area contributed by atoms with Crippen LogP contribution in [0.5, 0.6) is 0 Å². The number of carbonyl (C=O) groups excluding carboxylic acids is 1. The van der Waals surface area contributed by atoms with Crippen molar-refractivity contribution in [3.05, 3.63) is 78.4 Å². The Labute approximate surface area is 185 Å². The standard InChI is InChI=1S/C24H21N3O4S/c28-23(17-9-13-20(14-10-17)32(29,30)27-15-3-4-16-27)25-19-11-7-18(8-12-19)24-26-21-5-1-2-6-22(21)31-24/h1-2,5-14H,3-4,15-16H2,(H,25,28). The van der Waals surface area contributed by atoms with Gasteiger partial charge in [0.1, 0.15) is 5.52 Å². The lowest BCUT2D eigenvalue weighted by Gasteiger charge is -2.15. The van der Waals surface area contributed by atoms with Gasteiger partial charge in [-0.3, -0.25) is 4.79 Å². The van der Waals surface area contributed by atoms with Crippen LogP contribution in [0.2, 0.25) is 0 Å². The number of fused-ring (bicyclic) bond motifs is 1. The van der Waals surface area contributed by atoms with Gasteiger partial charge in [0, 0.05) is 29.9 Å². The minimum Gasteiger partial charge on any atom is -0.436 e. The second-order valence-electron chi connectivity index (χ2n) is 7.65. The Bertz CT molecular complexity index is 1340. The van der Waals surface area contributed by atoms with Crippen molar-refractivity contribution in [2.45, 2.75) is 17.7 Å². The summed E-state index contributed by atoms with van der Waals surface area (Å²) in [5, 5.41) is 2.83. The van der Waals surface area contributed by atoms with Gasteiger partial charge in [0.15, 0.2) is 5.58 Å². The molecule has 3 aromatic carbocycles. The van der Waals surface area contributed by atoms with E-state index < -0.39 is 10.0 Å². The minimum atomic E-state index is -3.49. The zero-order valence-corrected chi connectivity index (χ0v) is 18.0. The second-order valence-corrected chi connectivity index (χ2v) is 9.59. The molecular weight excluding hydrogens is 426 g/mol. The molecule has 0 spiro atoms. The Morgan fingerprint density at radius 1 is 0.906 bits per heavy atom. The van der Waals surface area contributed by atoms with Gasteiger partial charge in [-0.2, -0.15) is 4.31 Å². The maximum absolute atomic E-state index is 12.6. The van der Waals surface area contributed by atoms with E-state index in [-0.39, 0.29) is 10.8 Å². The van der Waals surface area contributed by atoms with Crippen LogP contribution in [0.15, 0.2) is 82.1 Å². The number of hydrogen-bond donors (Lipinski definition) is 1. The normalized spacial score (nSPS) is 14.6. The Kier molecular flexibility index (Phi) is 5.24. The topological polar surface area (TPSA) is 92.5 Å². The summed E-state index contributed by atoms with van der Waals surface area (Å²) in [6.45, 7) is 1.09. The van der Waals surface area contributed by atoms with Gasteiger partial charge in [-0.05, 0) is 73.5 Å². The average Bonchev–Trinajstić information content (AvgIpc) is 3.50. The van der Waals surface area contributed by atoms with E-state index in [0.29, 0.717) is 30.2 Å². The van der Waals surface area contributed by atoms with Crippen LogP contribution in [0.4, 0.5) is 5.69 Å². The Hall–Kier alpha value is -3.49. The molecule has 0 atom stereocenters. The molecule has 0 bridgehead atoms. The number of nitrogens with one attached hydrogen (secondary N) is 1. The number of para-hydroxylation sites is 2. The van der Waals surface area contributed by atoms with Crippen molar-refractivity contribution < 1.29 is 17.6 Å². The van der Waals surface area contributed by atoms with Gasteiger partial charge >= 0.3 is 0 Å². The largest absolute Gasteiger partial charge is 0.436 e. The molecule has 2 heterocycles. The molecule has 0 radical (unpaired) electrons. The summed E-state index contributed by atoms with van der Waals surface area (Å²) in [4.78, 5) is 17.3. The molecule has 1 aliphatic rings. The average molecular weight is 448 g/mol. The molecule has 0 saturated carbocycles. The van der Waals surface area contributed by atoms with Gasteiger partial charge < -0.3 is 9.73 Å². The first kappa shape index (κ1) is 20.4. The number of rotatable bonds is 5. The summed E-state index contributed by atoms with van der Waals surface area (Å²) >= 11 is 0. The molecule has 1 aliphatic heterocycles. The van der Waals surface area contributed by atoms with Gasteiger partial charge in [0.05, 0.1) is 4.90 Å². The minimum absolute atomic E-state index is 0.207. The molecule has 1 N–H and O–H groups in total. The van der Waals surface area contributed by atoms with Gasteiger partial charge in [0.25, 0.3) is 5.91 Å². The smallest absolute Gasteiger partial charge is 0.255 e. The lowest BCUT2D eigenvalue weighted by Crippen LogP contribution is -2.27. The van der Waals surface area contributed by atoms with E-state index in [1.165, 1.54) is 28.6 Å². The molecule has 1 aromatic heterocycles. The van der Waals surface area contributed by atoms with E-state index >= 15 is 0 Å². The molecule has 1 saturated heterocycles. The van der Waals surface area contributed by atoms with Crippen LogP contribution < -0.4 is 5.32 Å². The molecule has 5 rings (SSSR count). The van der Waals surface area contributed by atoms with Crippen molar-refractivity contribution in [2.24, 2.45) is 0 Å². The highest BCUT2D eigenvalue weighted by Crippen LogP contribution is 2.26. The maximum Gasteiger partial charge on any atom is 0.255 e. The Balaban J connectivity index is 1.28. The molecule has 0 aliphatic carbocycles. The monoisotopic (exact) mass is 447 g/mol. The van der Waals surface area contributed by atoms with Crippen LogP contribution in [0, 0.1) is 0 Å². The quantitative estimate of drug-likeness (QED) is 0.485. The third-order valence-electron chi connectivity index (χ3n) is 5.50. The van der Waals surface area contributed by atoms with Crippen LogP contribution >= 0.6 is 0 Å². The van der Waals surface area contributed by atoms with Crippen LogP contribution in [-0.2, 0) is 10.0 Å². The predicted molar refractivity (Wildman–Crippen MR) is 122 cm³/mol. The number of nitrogens with zero attached hydrogens (tertiary/aromatic N) is 2. The summed E-state index contributed by atoms with van der Waals surface area (Å²) in [7, 11) is -3.49. The zero-order chi connectivity index (χ0) is 22.1. The van der Waals surface area contributed by atoms with Crippen molar-refractivity contribution in [1.82, 2.24) is 9.29 Å². The number of oxazole rings is 1. The van der Waals surface area contributed by atoms with Crippen molar-refractivity contribution in [2.75, 3.05) is 18.4 Å². The molecule has 4 aromatic rings. The summed E-state index contributed by atoms with van der Waals surface area (Å²) in [5.74, 6) is 0.198. The van der Waals surface area contributed by atoms with E-state index in [4.69, 9.17) is 4.42 Å². The first-order valence-corrected chi connectivity index (χ1v) is 11.8. The molecule has 8 heteroatoms. The Morgan fingerprint density at radius 3 is 2.28 bits per heavy atom.